The lowest BCUT2D eigenvalue weighted by molar-refractivity contribution is -0.163. The standard InChI is InChI=1S/C47H82O5/c1-4-7-10-13-15-17-19-21-22-23-24-25-27-29-31-33-36-39-42-50-43-45(52-47(49)41-38-34-12-9-6-3)44-51-46(48)40-37-35-32-30-28-26-20-18-16-14-11-8-5-2/h8,11,15-18,21-22,26,28,45H,4-7,9-10,12-14,19-20,23-25,27,29-44H2,1-3H3/b11-8-,17-15-,18-16-,22-21-,28-26-. The smallest absolute Gasteiger partial charge is 0.306 e. The fourth-order valence-corrected chi connectivity index (χ4v) is 5.79. The summed E-state index contributed by atoms with van der Waals surface area (Å²) in [6, 6.07) is 0. The molecule has 5 nitrogen and oxygen atoms in total. The highest BCUT2D eigenvalue weighted by Gasteiger charge is 2.17. The Balaban J connectivity index is 4.11. The van der Waals surface area contributed by atoms with E-state index < -0.39 is 6.10 Å². The van der Waals surface area contributed by atoms with Gasteiger partial charge in [0.2, 0.25) is 0 Å². The van der Waals surface area contributed by atoms with Crippen molar-refractivity contribution in [1.29, 1.82) is 0 Å². The Morgan fingerprint density at radius 1 is 0.442 bits per heavy atom. The van der Waals surface area contributed by atoms with E-state index in [9.17, 15) is 9.59 Å². The molecule has 0 saturated carbocycles. The van der Waals surface area contributed by atoms with Gasteiger partial charge < -0.3 is 14.2 Å². The van der Waals surface area contributed by atoms with Crippen molar-refractivity contribution < 1.29 is 23.8 Å². The van der Waals surface area contributed by atoms with E-state index in [1.807, 2.05) is 0 Å². The van der Waals surface area contributed by atoms with Gasteiger partial charge in [0, 0.05) is 19.4 Å². The predicted octanol–water partition coefficient (Wildman–Crippen LogP) is 14.2. The minimum absolute atomic E-state index is 0.0663. The molecule has 0 aliphatic rings. The maximum absolute atomic E-state index is 12.5. The molecule has 0 bridgehead atoms. The first-order valence-corrected chi connectivity index (χ1v) is 21.8. The monoisotopic (exact) mass is 727 g/mol. The summed E-state index contributed by atoms with van der Waals surface area (Å²) >= 11 is 0. The van der Waals surface area contributed by atoms with Gasteiger partial charge in [0.25, 0.3) is 0 Å². The maximum atomic E-state index is 12.5. The first-order chi connectivity index (χ1) is 25.6. The SMILES string of the molecule is CC/C=C\C/C=C\C/C=C\CCCCCC(=O)OCC(COCCCCCCCCCC/C=C\C/C=C\CCCCC)OC(=O)CCCCCCC. The van der Waals surface area contributed by atoms with Gasteiger partial charge in [-0.15, -0.1) is 0 Å². The van der Waals surface area contributed by atoms with Gasteiger partial charge in [-0.3, -0.25) is 9.59 Å². The van der Waals surface area contributed by atoms with Crippen molar-refractivity contribution in [2.45, 2.75) is 207 Å². The third-order valence-corrected chi connectivity index (χ3v) is 9.04. The van der Waals surface area contributed by atoms with Crippen LogP contribution < -0.4 is 0 Å². The van der Waals surface area contributed by atoms with Crippen LogP contribution in [0, 0.1) is 0 Å². The molecule has 0 amide bonds. The third-order valence-electron chi connectivity index (χ3n) is 9.04. The largest absolute Gasteiger partial charge is 0.462 e. The first kappa shape index (κ1) is 49.6. The third kappa shape index (κ3) is 40.4. The molecular weight excluding hydrogens is 645 g/mol. The molecule has 0 N–H and O–H groups in total. The summed E-state index contributed by atoms with van der Waals surface area (Å²) in [5, 5.41) is 0. The minimum Gasteiger partial charge on any atom is -0.462 e. The average Bonchev–Trinajstić information content (AvgIpc) is 3.14. The van der Waals surface area contributed by atoms with E-state index in [4.69, 9.17) is 14.2 Å². The van der Waals surface area contributed by atoms with Crippen molar-refractivity contribution in [2.24, 2.45) is 0 Å². The normalized spacial score (nSPS) is 12.8. The van der Waals surface area contributed by atoms with Gasteiger partial charge in [-0.2, -0.15) is 0 Å². The molecule has 0 rings (SSSR count). The zero-order chi connectivity index (χ0) is 37.8. The van der Waals surface area contributed by atoms with Gasteiger partial charge in [-0.25, -0.2) is 0 Å². The van der Waals surface area contributed by atoms with Crippen molar-refractivity contribution in [3.05, 3.63) is 60.8 Å². The molecule has 0 saturated heterocycles. The summed E-state index contributed by atoms with van der Waals surface area (Å²) < 4.78 is 17.1. The molecule has 52 heavy (non-hydrogen) atoms. The van der Waals surface area contributed by atoms with E-state index in [0.29, 0.717) is 19.4 Å². The van der Waals surface area contributed by atoms with E-state index in [-0.39, 0.29) is 25.2 Å². The van der Waals surface area contributed by atoms with Gasteiger partial charge >= 0.3 is 11.9 Å². The van der Waals surface area contributed by atoms with Crippen LogP contribution in [0.5, 0.6) is 0 Å². The van der Waals surface area contributed by atoms with Crippen LogP contribution >= 0.6 is 0 Å². The highest BCUT2D eigenvalue weighted by molar-refractivity contribution is 5.70. The summed E-state index contributed by atoms with van der Waals surface area (Å²) in [6.07, 6.45) is 52.5. The number of hydrogen-bond donors (Lipinski definition) is 0. The number of hydrogen-bond acceptors (Lipinski definition) is 5. The highest BCUT2D eigenvalue weighted by Crippen LogP contribution is 2.12. The molecule has 0 spiro atoms. The van der Waals surface area contributed by atoms with Crippen molar-refractivity contribution in [3.8, 4) is 0 Å². The Morgan fingerprint density at radius 3 is 1.44 bits per heavy atom. The summed E-state index contributed by atoms with van der Waals surface area (Å²) in [4.78, 5) is 24.9. The fourth-order valence-electron chi connectivity index (χ4n) is 5.79. The van der Waals surface area contributed by atoms with E-state index in [2.05, 4.69) is 81.5 Å². The Labute approximate surface area is 322 Å². The van der Waals surface area contributed by atoms with Gasteiger partial charge in [0.15, 0.2) is 6.10 Å². The van der Waals surface area contributed by atoms with Crippen LogP contribution in [0.1, 0.15) is 201 Å². The molecule has 0 aromatic rings. The van der Waals surface area contributed by atoms with E-state index in [1.54, 1.807) is 0 Å². The Kier molecular flexibility index (Phi) is 41.0. The molecule has 0 aliphatic heterocycles. The lowest BCUT2D eigenvalue weighted by atomic mass is 10.1. The second-order valence-electron chi connectivity index (χ2n) is 14.2. The zero-order valence-corrected chi connectivity index (χ0v) is 34.3. The number of unbranched alkanes of at least 4 members (excludes halogenated alkanes) is 18. The summed E-state index contributed by atoms with van der Waals surface area (Å²) in [5.41, 5.74) is 0. The van der Waals surface area contributed by atoms with Gasteiger partial charge in [-0.05, 0) is 83.5 Å². The molecular formula is C47H82O5. The van der Waals surface area contributed by atoms with E-state index >= 15 is 0 Å². The minimum atomic E-state index is -0.546. The van der Waals surface area contributed by atoms with Crippen LogP contribution in [0.4, 0.5) is 0 Å². The van der Waals surface area contributed by atoms with E-state index in [1.165, 1.54) is 83.5 Å². The molecule has 0 aliphatic carbocycles. The highest BCUT2D eigenvalue weighted by atomic mass is 16.6. The number of allylic oxidation sites excluding steroid dienone is 10. The number of esters is 2. The number of carbonyl (C=O) groups is 2. The van der Waals surface area contributed by atoms with E-state index in [0.717, 1.165) is 83.5 Å². The Morgan fingerprint density at radius 2 is 0.865 bits per heavy atom. The molecule has 0 aromatic carbocycles. The zero-order valence-electron chi connectivity index (χ0n) is 34.3. The quantitative estimate of drug-likeness (QED) is 0.0358. The van der Waals surface area contributed by atoms with Crippen LogP contribution in [0.3, 0.4) is 0 Å². The van der Waals surface area contributed by atoms with Crippen molar-refractivity contribution in [2.75, 3.05) is 19.8 Å². The van der Waals surface area contributed by atoms with Gasteiger partial charge in [0.1, 0.15) is 6.61 Å². The molecule has 1 unspecified atom stereocenters. The van der Waals surface area contributed by atoms with Crippen LogP contribution in [0.25, 0.3) is 0 Å². The van der Waals surface area contributed by atoms with Gasteiger partial charge in [-0.1, -0.05) is 165 Å². The van der Waals surface area contributed by atoms with Crippen molar-refractivity contribution in [1.82, 2.24) is 0 Å². The molecule has 0 fully saturated rings. The number of ether oxygens (including phenoxy) is 3. The first-order valence-electron chi connectivity index (χ1n) is 21.8. The van der Waals surface area contributed by atoms with Crippen LogP contribution in [-0.4, -0.2) is 37.9 Å². The summed E-state index contributed by atoms with van der Waals surface area (Å²) in [7, 11) is 0. The average molecular weight is 727 g/mol. The lowest BCUT2D eigenvalue weighted by Gasteiger charge is -2.18. The fraction of sp³-hybridized carbons (Fsp3) is 0.745. The molecule has 0 radical (unpaired) electrons. The van der Waals surface area contributed by atoms with Crippen LogP contribution in [-0.2, 0) is 23.8 Å². The van der Waals surface area contributed by atoms with Crippen molar-refractivity contribution in [3.63, 3.8) is 0 Å². The molecule has 1 atom stereocenters. The van der Waals surface area contributed by atoms with Crippen LogP contribution in [0.2, 0.25) is 0 Å². The topological polar surface area (TPSA) is 61.8 Å². The lowest BCUT2D eigenvalue weighted by Crippen LogP contribution is -2.30. The molecule has 300 valence electrons. The number of carbonyl (C=O) groups excluding carboxylic acids is 2. The summed E-state index contributed by atoms with van der Waals surface area (Å²) in [6.45, 7) is 7.57. The van der Waals surface area contributed by atoms with Gasteiger partial charge in [0.05, 0.1) is 6.61 Å². The number of rotatable bonds is 39. The Bertz CT molecular complexity index is 915. The summed E-state index contributed by atoms with van der Waals surface area (Å²) in [5.74, 6) is -0.449. The molecule has 5 heteroatoms. The predicted molar refractivity (Wildman–Crippen MR) is 224 cm³/mol. The Hall–Kier alpha value is -2.40. The second-order valence-corrected chi connectivity index (χ2v) is 14.2. The van der Waals surface area contributed by atoms with Crippen molar-refractivity contribution >= 4 is 11.9 Å². The maximum Gasteiger partial charge on any atom is 0.306 e. The second kappa shape index (κ2) is 43.0. The molecule has 0 aromatic heterocycles. The van der Waals surface area contributed by atoms with Crippen LogP contribution in [0.15, 0.2) is 60.8 Å². The molecule has 0 heterocycles.